The molecule has 0 radical (unpaired) electrons. The fourth-order valence-electron chi connectivity index (χ4n) is 4.20. The SMILES string of the molecule is COc1ccc(Cn2nc(OC3CCN(C)CC3)c3c(Oc4ccc(N)cc4F)ccnc32)cc1. The van der Waals surface area contributed by atoms with Crippen molar-refractivity contribution in [3.8, 4) is 23.1 Å². The van der Waals surface area contributed by atoms with Crippen molar-refractivity contribution in [3.05, 3.63) is 66.1 Å². The smallest absolute Gasteiger partial charge is 0.246 e. The predicted molar refractivity (Wildman–Crippen MR) is 132 cm³/mol. The highest BCUT2D eigenvalue weighted by Gasteiger charge is 2.24. The molecule has 1 fully saturated rings. The summed E-state index contributed by atoms with van der Waals surface area (Å²) >= 11 is 0. The number of ether oxygens (including phenoxy) is 3. The van der Waals surface area contributed by atoms with E-state index in [-0.39, 0.29) is 11.9 Å². The first-order valence-corrected chi connectivity index (χ1v) is 11.6. The Morgan fingerprint density at radius 3 is 2.54 bits per heavy atom. The zero-order chi connectivity index (χ0) is 24.4. The molecule has 0 aliphatic carbocycles. The first-order valence-electron chi connectivity index (χ1n) is 11.6. The lowest BCUT2D eigenvalue weighted by atomic mass is 10.1. The number of aromatic nitrogens is 3. The van der Waals surface area contributed by atoms with Crippen LogP contribution in [0.25, 0.3) is 11.0 Å². The standard InChI is InChI=1S/C26H28FN5O3/c1-31-13-10-20(11-14-31)34-26-24-23(35-22-8-5-18(28)15-21(22)27)9-12-29-25(24)32(30-26)16-17-3-6-19(33-2)7-4-17/h3-9,12,15,20H,10-11,13-14,16,28H2,1-2H3. The molecular weight excluding hydrogens is 449 g/mol. The van der Waals surface area contributed by atoms with E-state index >= 15 is 0 Å². The van der Waals surface area contributed by atoms with Crippen molar-refractivity contribution in [1.82, 2.24) is 19.7 Å². The van der Waals surface area contributed by atoms with Crippen molar-refractivity contribution in [2.75, 3.05) is 33.0 Å². The molecule has 9 heteroatoms. The molecule has 4 aromatic rings. The second-order valence-corrected chi connectivity index (χ2v) is 8.73. The summed E-state index contributed by atoms with van der Waals surface area (Å²) in [7, 11) is 3.74. The minimum atomic E-state index is -0.543. The Balaban J connectivity index is 1.53. The van der Waals surface area contributed by atoms with E-state index in [1.165, 1.54) is 12.1 Å². The van der Waals surface area contributed by atoms with Gasteiger partial charge in [0.25, 0.3) is 0 Å². The molecule has 8 nitrogen and oxygen atoms in total. The van der Waals surface area contributed by atoms with E-state index in [1.807, 2.05) is 24.3 Å². The van der Waals surface area contributed by atoms with Gasteiger partial charge in [0.1, 0.15) is 23.0 Å². The van der Waals surface area contributed by atoms with Gasteiger partial charge in [-0.05, 0) is 49.7 Å². The molecule has 2 aromatic heterocycles. The van der Waals surface area contributed by atoms with Crippen molar-refractivity contribution >= 4 is 16.7 Å². The van der Waals surface area contributed by atoms with E-state index in [0.717, 1.165) is 37.2 Å². The number of likely N-dealkylation sites (tertiary alicyclic amines) is 1. The Morgan fingerprint density at radius 1 is 1.06 bits per heavy atom. The van der Waals surface area contributed by atoms with Crippen LogP contribution in [0.1, 0.15) is 18.4 Å². The summed E-state index contributed by atoms with van der Waals surface area (Å²) in [6.45, 7) is 2.38. The minimum Gasteiger partial charge on any atom is -0.497 e. The molecule has 1 saturated heterocycles. The summed E-state index contributed by atoms with van der Waals surface area (Å²) in [6, 6.07) is 13.8. The second kappa shape index (κ2) is 9.79. The van der Waals surface area contributed by atoms with E-state index in [2.05, 4.69) is 16.9 Å². The number of anilines is 1. The van der Waals surface area contributed by atoms with Crippen LogP contribution >= 0.6 is 0 Å². The number of fused-ring (bicyclic) bond motifs is 1. The Bertz CT molecular complexity index is 1320. The van der Waals surface area contributed by atoms with Crippen molar-refractivity contribution < 1.29 is 18.6 Å². The molecule has 0 atom stereocenters. The quantitative estimate of drug-likeness (QED) is 0.393. The molecule has 0 spiro atoms. The molecule has 0 unspecified atom stereocenters. The number of nitrogens with zero attached hydrogens (tertiary/aromatic N) is 4. The molecule has 2 aromatic carbocycles. The lowest BCUT2D eigenvalue weighted by Crippen LogP contribution is -2.35. The van der Waals surface area contributed by atoms with Crippen LogP contribution in [0.4, 0.5) is 10.1 Å². The van der Waals surface area contributed by atoms with Gasteiger partial charge in [-0.3, -0.25) is 0 Å². The summed E-state index contributed by atoms with van der Waals surface area (Å²) in [5, 5.41) is 5.38. The van der Waals surface area contributed by atoms with Gasteiger partial charge in [-0.1, -0.05) is 12.1 Å². The largest absolute Gasteiger partial charge is 0.497 e. The fraction of sp³-hybridized carbons (Fsp3) is 0.308. The summed E-state index contributed by atoms with van der Waals surface area (Å²) in [5.74, 6) is 1.16. The number of halogens is 1. The fourth-order valence-corrected chi connectivity index (χ4v) is 4.20. The van der Waals surface area contributed by atoms with E-state index < -0.39 is 5.82 Å². The van der Waals surface area contributed by atoms with Crippen molar-refractivity contribution in [2.24, 2.45) is 0 Å². The maximum Gasteiger partial charge on any atom is 0.246 e. The molecule has 1 aliphatic heterocycles. The van der Waals surface area contributed by atoms with E-state index in [9.17, 15) is 4.39 Å². The molecule has 1 aliphatic rings. The molecule has 0 saturated carbocycles. The van der Waals surface area contributed by atoms with E-state index in [0.29, 0.717) is 34.9 Å². The van der Waals surface area contributed by atoms with Crippen molar-refractivity contribution in [3.63, 3.8) is 0 Å². The van der Waals surface area contributed by atoms with E-state index in [1.54, 1.807) is 30.1 Å². The van der Waals surface area contributed by atoms with Gasteiger partial charge in [0.05, 0.1) is 13.7 Å². The third kappa shape index (κ3) is 5.00. The average molecular weight is 478 g/mol. The third-order valence-electron chi connectivity index (χ3n) is 6.17. The first kappa shape index (κ1) is 22.9. The van der Waals surface area contributed by atoms with E-state index in [4.69, 9.17) is 25.0 Å². The zero-order valence-electron chi connectivity index (χ0n) is 19.8. The monoisotopic (exact) mass is 477 g/mol. The highest BCUT2D eigenvalue weighted by atomic mass is 19.1. The van der Waals surface area contributed by atoms with Crippen molar-refractivity contribution in [1.29, 1.82) is 0 Å². The predicted octanol–water partition coefficient (Wildman–Crippen LogP) is 4.47. The number of nitrogen functional groups attached to an aromatic ring is 1. The van der Waals surface area contributed by atoms with Gasteiger partial charge in [-0.15, -0.1) is 5.10 Å². The zero-order valence-corrected chi connectivity index (χ0v) is 19.8. The van der Waals surface area contributed by atoms with Gasteiger partial charge in [0, 0.05) is 37.1 Å². The van der Waals surface area contributed by atoms with Gasteiger partial charge in [-0.25, -0.2) is 14.1 Å². The molecule has 5 rings (SSSR count). The van der Waals surface area contributed by atoms with Crippen LogP contribution < -0.4 is 19.9 Å². The number of hydrogen-bond donors (Lipinski definition) is 1. The third-order valence-corrected chi connectivity index (χ3v) is 6.17. The summed E-state index contributed by atoms with van der Waals surface area (Å²) < 4.78 is 33.9. The maximum absolute atomic E-state index is 14.5. The van der Waals surface area contributed by atoms with Crippen LogP contribution in [0.3, 0.4) is 0 Å². The molecule has 3 heterocycles. The summed E-state index contributed by atoms with van der Waals surface area (Å²) in [4.78, 5) is 6.85. The van der Waals surface area contributed by atoms with Gasteiger partial charge >= 0.3 is 0 Å². The van der Waals surface area contributed by atoms with Gasteiger partial charge in [0.2, 0.25) is 5.88 Å². The topological polar surface area (TPSA) is 87.7 Å². The molecule has 2 N–H and O–H groups in total. The lowest BCUT2D eigenvalue weighted by Gasteiger charge is -2.28. The van der Waals surface area contributed by atoms with Crippen LogP contribution in [-0.2, 0) is 6.54 Å². The van der Waals surface area contributed by atoms with Crippen LogP contribution in [0.5, 0.6) is 23.1 Å². The van der Waals surface area contributed by atoms with Crippen LogP contribution in [-0.4, -0.2) is 53.0 Å². The molecular formula is C26H28FN5O3. The van der Waals surface area contributed by atoms with Gasteiger partial charge in [-0.2, -0.15) is 0 Å². The number of rotatable bonds is 7. The number of pyridine rings is 1. The Kier molecular flexibility index (Phi) is 6.41. The van der Waals surface area contributed by atoms with Crippen LogP contribution in [0.15, 0.2) is 54.7 Å². The molecule has 35 heavy (non-hydrogen) atoms. The average Bonchev–Trinajstić information content (AvgIpc) is 3.20. The summed E-state index contributed by atoms with van der Waals surface area (Å²) in [5.41, 5.74) is 7.64. The highest BCUT2D eigenvalue weighted by Crippen LogP contribution is 2.37. The maximum atomic E-state index is 14.5. The summed E-state index contributed by atoms with van der Waals surface area (Å²) in [6.07, 6.45) is 3.44. The normalized spacial score (nSPS) is 14.8. The molecule has 182 valence electrons. The number of methoxy groups -OCH3 is 1. The second-order valence-electron chi connectivity index (χ2n) is 8.73. The van der Waals surface area contributed by atoms with Crippen LogP contribution in [0.2, 0.25) is 0 Å². The van der Waals surface area contributed by atoms with Gasteiger partial charge in [0.15, 0.2) is 17.2 Å². The Labute approximate surface area is 203 Å². The minimum absolute atomic E-state index is 0.0278. The number of benzene rings is 2. The number of piperidine rings is 1. The Morgan fingerprint density at radius 2 is 1.83 bits per heavy atom. The number of hydrogen-bond acceptors (Lipinski definition) is 7. The van der Waals surface area contributed by atoms with Crippen molar-refractivity contribution in [2.45, 2.75) is 25.5 Å². The van der Waals surface area contributed by atoms with Crippen LogP contribution in [0, 0.1) is 5.82 Å². The highest BCUT2D eigenvalue weighted by molar-refractivity contribution is 5.88. The first-order chi connectivity index (χ1) is 17.0. The van der Waals surface area contributed by atoms with Gasteiger partial charge < -0.3 is 24.8 Å². The number of nitrogens with two attached hydrogens (primary N) is 1. The lowest BCUT2D eigenvalue weighted by molar-refractivity contribution is 0.110. The molecule has 0 bridgehead atoms. The Hall–Kier alpha value is -3.85. The molecule has 0 amide bonds.